The maximum absolute atomic E-state index is 12.2. The van der Waals surface area contributed by atoms with Crippen molar-refractivity contribution in [1.82, 2.24) is 9.88 Å². The van der Waals surface area contributed by atoms with Gasteiger partial charge in [0.25, 0.3) is 5.91 Å². The van der Waals surface area contributed by atoms with Gasteiger partial charge in [0.15, 0.2) is 0 Å². The first-order chi connectivity index (χ1) is 9.90. The van der Waals surface area contributed by atoms with Gasteiger partial charge in [-0.2, -0.15) is 0 Å². The molecule has 1 aromatic heterocycles. The minimum Gasteiger partial charge on any atom is -0.377 e. The molecule has 1 unspecified atom stereocenters. The highest BCUT2D eigenvalue weighted by molar-refractivity contribution is 7.11. The first kappa shape index (κ1) is 15.5. The predicted molar refractivity (Wildman–Crippen MR) is 88.1 cm³/mol. The third-order valence-corrected chi connectivity index (χ3v) is 4.52. The SMILES string of the molecule is Cc1nc(C)c(C(C)Nc2ccccc2C(=O)N(C)C)s1. The number of aryl methyl sites for hydroxylation is 2. The summed E-state index contributed by atoms with van der Waals surface area (Å²) in [6, 6.07) is 7.73. The summed E-state index contributed by atoms with van der Waals surface area (Å²) in [5.74, 6) is 0.00232. The number of amides is 1. The number of nitrogens with one attached hydrogen (secondary N) is 1. The monoisotopic (exact) mass is 303 g/mol. The smallest absolute Gasteiger partial charge is 0.255 e. The second-order valence-electron chi connectivity index (χ2n) is 5.29. The van der Waals surface area contributed by atoms with Crippen LogP contribution < -0.4 is 5.32 Å². The lowest BCUT2D eigenvalue weighted by atomic mass is 10.1. The average molecular weight is 303 g/mol. The molecule has 0 aliphatic heterocycles. The molecule has 0 aliphatic rings. The lowest BCUT2D eigenvalue weighted by Gasteiger charge is -2.19. The number of hydrogen-bond donors (Lipinski definition) is 1. The highest BCUT2D eigenvalue weighted by Gasteiger charge is 2.17. The molecule has 21 heavy (non-hydrogen) atoms. The molecule has 0 saturated carbocycles. The fourth-order valence-electron chi connectivity index (χ4n) is 2.28. The number of benzene rings is 1. The van der Waals surface area contributed by atoms with E-state index in [4.69, 9.17) is 0 Å². The van der Waals surface area contributed by atoms with Crippen LogP contribution in [0.1, 0.15) is 38.9 Å². The number of para-hydroxylation sites is 1. The normalized spacial score (nSPS) is 12.0. The summed E-state index contributed by atoms with van der Waals surface area (Å²) >= 11 is 1.69. The molecule has 1 atom stereocenters. The molecular weight excluding hydrogens is 282 g/mol. The molecule has 2 rings (SSSR count). The van der Waals surface area contributed by atoms with Crippen LogP contribution in [0.15, 0.2) is 24.3 Å². The van der Waals surface area contributed by atoms with Crippen molar-refractivity contribution < 1.29 is 4.79 Å². The van der Waals surface area contributed by atoms with Crippen molar-refractivity contribution in [2.75, 3.05) is 19.4 Å². The van der Waals surface area contributed by atoms with Gasteiger partial charge in [-0.25, -0.2) is 4.98 Å². The number of carbonyl (C=O) groups excluding carboxylic acids is 1. The van der Waals surface area contributed by atoms with Crippen molar-refractivity contribution in [2.24, 2.45) is 0 Å². The first-order valence-electron chi connectivity index (χ1n) is 6.91. The maximum Gasteiger partial charge on any atom is 0.255 e. The Labute approximate surface area is 129 Å². The van der Waals surface area contributed by atoms with Gasteiger partial charge in [-0.1, -0.05) is 12.1 Å². The third kappa shape index (κ3) is 3.42. The van der Waals surface area contributed by atoms with Gasteiger partial charge in [0.1, 0.15) is 0 Å². The van der Waals surface area contributed by atoms with Gasteiger partial charge in [0.05, 0.1) is 22.3 Å². The van der Waals surface area contributed by atoms with Crippen LogP contribution in [0, 0.1) is 13.8 Å². The molecule has 0 spiro atoms. The van der Waals surface area contributed by atoms with E-state index < -0.39 is 0 Å². The van der Waals surface area contributed by atoms with Gasteiger partial charge in [-0.05, 0) is 32.9 Å². The van der Waals surface area contributed by atoms with E-state index in [0.717, 1.165) is 16.4 Å². The minimum atomic E-state index is 0.00232. The van der Waals surface area contributed by atoms with E-state index in [1.54, 1.807) is 30.3 Å². The zero-order chi connectivity index (χ0) is 15.6. The topological polar surface area (TPSA) is 45.2 Å². The van der Waals surface area contributed by atoms with Crippen LogP contribution >= 0.6 is 11.3 Å². The highest BCUT2D eigenvalue weighted by Crippen LogP contribution is 2.29. The summed E-state index contributed by atoms with van der Waals surface area (Å²) in [5.41, 5.74) is 2.59. The Balaban J connectivity index is 2.27. The second-order valence-corrected chi connectivity index (χ2v) is 6.53. The Bertz CT molecular complexity index is 649. The van der Waals surface area contributed by atoms with Crippen molar-refractivity contribution in [3.8, 4) is 0 Å². The lowest BCUT2D eigenvalue weighted by molar-refractivity contribution is 0.0828. The molecular formula is C16H21N3OS. The van der Waals surface area contributed by atoms with Crippen molar-refractivity contribution in [2.45, 2.75) is 26.8 Å². The molecule has 4 nitrogen and oxygen atoms in total. The van der Waals surface area contributed by atoms with Gasteiger partial charge in [-0.3, -0.25) is 4.79 Å². The van der Waals surface area contributed by atoms with Crippen LogP contribution in [0.2, 0.25) is 0 Å². The number of nitrogens with zero attached hydrogens (tertiary/aromatic N) is 2. The Kier molecular flexibility index (Phi) is 4.63. The molecule has 0 aliphatic carbocycles. The third-order valence-electron chi connectivity index (χ3n) is 3.27. The quantitative estimate of drug-likeness (QED) is 0.938. The summed E-state index contributed by atoms with van der Waals surface area (Å²) in [6.07, 6.45) is 0. The van der Waals surface area contributed by atoms with Crippen LogP contribution in [0.5, 0.6) is 0 Å². The van der Waals surface area contributed by atoms with E-state index in [0.29, 0.717) is 5.56 Å². The molecule has 1 amide bonds. The van der Waals surface area contributed by atoms with Gasteiger partial charge in [-0.15, -0.1) is 11.3 Å². The van der Waals surface area contributed by atoms with Crippen molar-refractivity contribution in [1.29, 1.82) is 0 Å². The van der Waals surface area contributed by atoms with E-state index in [9.17, 15) is 4.79 Å². The second kappa shape index (κ2) is 6.26. The lowest BCUT2D eigenvalue weighted by Crippen LogP contribution is -2.23. The molecule has 1 aromatic carbocycles. The van der Waals surface area contributed by atoms with E-state index in [1.807, 2.05) is 38.1 Å². The number of rotatable bonds is 4. The molecule has 0 bridgehead atoms. The molecule has 0 fully saturated rings. The van der Waals surface area contributed by atoms with E-state index >= 15 is 0 Å². The molecule has 0 saturated heterocycles. The number of aromatic nitrogens is 1. The van der Waals surface area contributed by atoms with Gasteiger partial charge in [0, 0.05) is 24.7 Å². The van der Waals surface area contributed by atoms with Crippen molar-refractivity contribution >= 4 is 22.9 Å². The van der Waals surface area contributed by atoms with E-state index in [1.165, 1.54) is 4.88 Å². The first-order valence-corrected chi connectivity index (χ1v) is 7.73. The summed E-state index contributed by atoms with van der Waals surface area (Å²) in [4.78, 5) is 19.5. The van der Waals surface area contributed by atoms with Crippen LogP contribution in [0.4, 0.5) is 5.69 Å². The fraction of sp³-hybridized carbons (Fsp3) is 0.375. The van der Waals surface area contributed by atoms with Gasteiger partial charge >= 0.3 is 0 Å². The fourth-order valence-corrected chi connectivity index (χ4v) is 3.21. The summed E-state index contributed by atoms with van der Waals surface area (Å²) in [7, 11) is 3.53. The number of carbonyl (C=O) groups is 1. The van der Waals surface area contributed by atoms with Gasteiger partial charge in [0.2, 0.25) is 0 Å². The van der Waals surface area contributed by atoms with Crippen LogP contribution in [0.25, 0.3) is 0 Å². The largest absolute Gasteiger partial charge is 0.377 e. The average Bonchev–Trinajstić information content (AvgIpc) is 2.77. The summed E-state index contributed by atoms with van der Waals surface area (Å²) < 4.78 is 0. The highest BCUT2D eigenvalue weighted by atomic mass is 32.1. The maximum atomic E-state index is 12.2. The summed E-state index contributed by atoms with van der Waals surface area (Å²) in [6.45, 7) is 6.13. The molecule has 0 radical (unpaired) electrons. The predicted octanol–water partition coefficient (Wildman–Crippen LogP) is 3.63. The Morgan fingerprint density at radius 3 is 2.52 bits per heavy atom. The zero-order valence-electron chi connectivity index (χ0n) is 13.1. The number of hydrogen-bond acceptors (Lipinski definition) is 4. The number of thiazole rings is 1. The molecule has 1 N–H and O–H groups in total. The van der Waals surface area contributed by atoms with E-state index in [-0.39, 0.29) is 11.9 Å². The van der Waals surface area contributed by atoms with Crippen LogP contribution in [-0.4, -0.2) is 29.9 Å². The van der Waals surface area contributed by atoms with E-state index in [2.05, 4.69) is 17.2 Å². The van der Waals surface area contributed by atoms with Crippen molar-refractivity contribution in [3.63, 3.8) is 0 Å². The number of anilines is 1. The molecule has 1 heterocycles. The minimum absolute atomic E-state index is 0.00232. The standard InChI is InChI=1S/C16H21N3OS/c1-10-15(21-12(3)17-10)11(2)18-14-9-7-6-8-13(14)16(20)19(4)5/h6-9,11,18H,1-5H3. The molecule has 5 heteroatoms. The molecule has 2 aromatic rings. The Morgan fingerprint density at radius 2 is 1.95 bits per heavy atom. The van der Waals surface area contributed by atoms with Crippen LogP contribution in [0.3, 0.4) is 0 Å². The Morgan fingerprint density at radius 1 is 1.29 bits per heavy atom. The van der Waals surface area contributed by atoms with Gasteiger partial charge < -0.3 is 10.2 Å². The summed E-state index contributed by atoms with van der Waals surface area (Å²) in [5, 5.41) is 4.50. The van der Waals surface area contributed by atoms with Crippen molar-refractivity contribution in [3.05, 3.63) is 45.4 Å². The van der Waals surface area contributed by atoms with Crippen LogP contribution in [-0.2, 0) is 0 Å². The Hall–Kier alpha value is -1.88. The zero-order valence-corrected chi connectivity index (χ0v) is 13.9. The molecule has 112 valence electrons.